The van der Waals surface area contributed by atoms with Crippen LogP contribution in [0.5, 0.6) is 0 Å². The van der Waals surface area contributed by atoms with Crippen LogP contribution >= 0.6 is 11.6 Å². The molecule has 0 bridgehead atoms. The van der Waals surface area contributed by atoms with E-state index in [4.69, 9.17) is 11.6 Å². The van der Waals surface area contributed by atoms with Gasteiger partial charge in [0.15, 0.2) is 0 Å². The number of aromatic nitrogens is 1. The van der Waals surface area contributed by atoms with Gasteiger partial charge >= 0.3 is 0 Å². The molecule has 8 nitrogen and oxygen atoms in total. The number of hydrogen-bond donors (Lipinski definition) is 4. The quantitative estimate of drug-likeness (QED) is 0.456. The van der Waals surface area contributed by atoms with Gasteiger partial charge in [-0.3, -0.25) is 14.4 Å². The second-order valence-corrected chi connectivity index (χ2v) is 10.3. The first-order valence-electron chi connectivity index (χ1n) is 11.4. The summed E-state index contributed by atoms with van der Waals surface area (Å²) in [7, 11) is 0. The van der Waals surface area contributed by atoms with E-state index in [0.29, 0.717) is 29.7 Å². The van der Waals surface area contributed by atoms with Crippen molar-refractivity contribution in [1.82, 2.24) is 20.9 Å². The Kier molecular flexibility index (Phi) is 6.54. The summed E-state index contributed by atoms with van der Waals surface area (Å²) in [4.78, 5) is 41.0. The fraction of sp³-hybridized carbons (Fsp3) is 0.500. The Labute approximate surface area is 201 Å². The van der Waals surface area contributed by atoms with Crippen molar-refractivity contribution < 1.29 is 18.8 Å². The van der Waals surface area contributed by atoms with E-state index in [2.05, 4.69) is 27.0 Å². The van der Waals surface area contributed by atoms with Crippen molar-refractivity contribution in [2.24, 2.45) is 11.8 Å². The van der Waals surface area contributed by atoms with Gasteiger partial charge in [0.05, 0.1) is 16.6 Å². The van der Waals surface area contributed by atoms with Crippen LogP contribution in [0, 0.1) is 29.0 Å². The lowest BCUT2D eigenvalue weighted by Crippen LogP contribution is -2.50. The molecule has 2 aromatic rings. The maximum absolute atomic E-state index is 13.6. The highest BCUT2D eigenvalue weighted by atomic mass is 35.5. The molecule has 4 rings (SSSR count). The molecule has 3 unspecified atom stereocenters. The van der Waals surface area contributed by atoms with Crippen LogP contribution < -0.4 is 16.0 Å². The number of carbonyl (C=O) groups excluding carboxylic acids is 3. The summed E-state index contributed by atoms with van der Waals surface area (Å²) < 4.78 is 13.6. The van der Waals surface area contributed by atoms with Gasteiger partial charge in [-0.1, -0.05) is 24.4 Å². The minimum absolute atomic E-state index is 0.128. The van der Waals surface area contributed by atoms with Crippen molar-refractivity contribution in [3.8, 4) is 6.07 Å². The van der Waals surface area contributed by atoms with Crippen LogP contribution in [0.2, 0.25) is 5.02 Å². The van der Waals surface area contributed by atoms with Crippen molar-refractivity contribution in [2.75, 3.05) is 0 Å². The van der Waals surface area contributed by atoms with Crippen LogP contribution in [-0.2, 0) is 9.59 Å². The van der Waals surface area contributed by atoms with Gasteiger partial charge in [-0.2, -0.15) is 5.26 Å². The Morgan fingerprint density at radius 1 is 1.26 bits per heavy atom. The predicted molar refractivity (Wildman–Crippen MR) is 124 cm³/mol. The molecule has 4 N–H and O–H groups in total. The van der Waals surface area contributed by atoms with Crippen molar-refractivity contribution in [3.05, 3.63) is 34.7 Å². The number of halogens is 2. The molecular formula is C24H27ClFN5O3. The highest BCUT2D eigenvalue weighted by Gasteiger charge is 2.39. The minimum atomic E-state index is -0.856. The van der Waals surface area contributed by atoms with Crippen LogP contribution in [0.1, 0.15) is 56.4 Å². The lowest BCUT2D eigenvalue weighted by Gasteiger charge is -2.21. The van der Waals surface area contributed by atoms with Crippen molar-refractivity contribution >= 4 is 40.2 Å². The number of carbonyl (C=O) groups is 3. The van der Waals surface area contributed by atoms with E-state index in [9.17, 15) is 24.0 Å². The second kappa shape index (κ2) is 9.26. The smallest absolute Gasteiger partial charge is 0.268 e. The molecule has 1 saturated heterocycles. The van der Waals surface area contributed by atoms with E-state index >= 15 is 0 Å². The fourth-order valence-electron chi connectivity index (χ4n) is 4.53. The Balaban J connectivity index is 1.44. The third kappa shape index (κ3) is 5.50. The van der Waals surface area contributed by atoms with Gasteiger partial charge in [0.25, 0.3) is 5.91 Å². The molecule has 0 spiro atoms. The SMILES string of the molecule is CC1(C)CC(CC(C#N)NC(=O)C(CC2CC2)NC(=O)c2cc3cc(F)cc(Cl)c3[nH]2)C(=O)N1. The van der Waals surface area contributed by atoms with E-state index in [1.54, 1.807) is 0 Å². The molecule has 10 heteroatoms. The van der Waals surface area contributed by atoms with E-state index in [1.807, 2.05) is 13.8 Å². The van der Waals surface area contributed by atoms with Crippen LogP contribution in [0.15, 0.2) is 18.2 Å². The summed E-state index contributed by atoms with van der Waals surface area (Å²) in [5, 5.41) is 18.5. The number of hydrogen-bond acceptors (Lipinski definition) is 4. The zero-order valence-corrected chi connectivity index (χ0v) is 19.8. The number of amides is 3. The molecule has 2 aliphatic rings. The summed E-state index contributed by atoms with van der Waals surface area (Å²) in [6, 6.07) is 4.26. The zero-order valence-electron chi connectivity index (χ0n) is 19.0. The molecule has 1 aromatic carbocycles. The highest BCUT2D eigenvalue weighted by Crippen LogP contribution is 2.34. The summed E-state index contributed by atoms with van der Waals surface area (Å²) in [5.41, 5.74) is 0.233. The van der Waals surface area contributed by atoms with Crippen LogP contribution in [0.3, 0.4) is 0 Å². The minimum Gasteiger partial charge on any atom is -0.351 e. The first-order chi connectivity index (χ1) is 16.0. The summed E-state index contributed by atoms with van der Waals surface area (Å²) in [5.74, 6) is -1.69. The standard InChI is InChI=1S/C24H27ClFN5O3/c1-24(2)10-14(21(32)31-24)7-16(11-27)28-22(33)18(5-12-3-4-12)30-23(34)19-8-13-6-15(26)9-17(25)20(13)29-19/h6,8-9,12,14,16,18,29H,3-5,7,10H2,1-2H3,(H,28,33)(H,30,34)(H,31,32). The van der Waals surface area contributed by atoms with Gasteiger partial charge in [-0.25, -0.2) is 4.39 Å². The zero-order chi connectivity index (χ0) is 24.6. The number of rotatable bonds is 8. The maximum Gasteiger partial charge on any atom is 0.268 e. The summed E-state index contributed by atoms with van der Waals surface area (Å²) >= 11 is 6.06. The molecule has 3 amide bonds. The average Bonchev–Trinajstić information content (AvgIpc) is 3.39. The fourth-order valence-corrected chi connectivity index (χ4v) is 4.79. The van der Waals surface area contributed by atoms with E-state index in [-0.39, 0.29) is 34.5 Å². The van der Waals surface area contributed by atoms with Gasteiger partial charge in [0, 0.05) is 16.8 Å². The van der Waals surface area contributed by atoms with Crippen LogP contribution in [0.25, 0.3) is 10.9 Å². The van der Waals surface area contributed by atoms with Gasteiger partial charge in [-0.15, -0.1) is 0 Å². The number of nitriles is 1. The van der Waals surface area contributed by atoms with Crippen LogP contribution in [-0.4, -0.2) is 40.3 Å². The molecule has 180 valence electrons. The van der Waals surface area contributed by atoms with Crippen molar-refractivity contribution in [2.45, 2.75) is 63.6 Å². The summed E-state index contributed by atoms with van der Waals surface area (Å²) in [6.45, 7) is 3.83. The predicted octanol–water partition coefficient (Wildman–Crippen LogP) is 3.17. The molecule has 1 aliphatic heterocycles. The molecule has 34 heavy (non-hydrogen) atoms. The first-order valence-corrected chi connectivity index (χ1v) is 11.7. The normalized spacial score (nSPS) is 20.9. The molecule has 1 aliphatic carbocycles. The topological polar surface area (TPSA) is 127 Å². The first kappa shape index (κ1) is 24.0. The third-order valence-electron chi connectivity index (χ3n) is 6.36. The lowest BCUT2D eigenvalue weighted by molar-refractivity contribution is -0.125. The van der Waals surface area contributed by atoms with Crippen molar-refractivity contribution in [1.29, 1.82) is 5.26 Å². The van der Waals surface area contributed by atoms with E-state index in [0.717, 1.165) is 18.9 Å². The molecule has 0 radical (unpaired) electrons. The average molecular weight is 488 g/mol. The number of nitrogens with zero attached hydrogens (tertiary/aromatic N) is 1. The largest absolute Gasteiger partial charge is 0.351 e. The Bertz CT molecular complexity index is 1180. The van der Waals surface area contributed by atoms with E-state index < -0.39 is 29.7 Å². The van der Waals surface area contributed by atoms with Crippen molar-refractivity contribution in [3.63, 3.8) is 0 Å². The lowest BCUT2D eigenvalue weighted by atomic mass is 9.92. The van der Waals surface area contributed by atoms with Gasteiger partial charge in [0.1, 0.15) is 23.6 Å². The van der Waals surface area contributed by atoms with Gasteiger partial charge in [0.2, 0.25) is 11.8 Å². The third-order valence-corrected chi connectivity index (χ3v) is 6.66. The van der Waals surface area contributed by atoms with E-state index in [1.165, 1.54) is 12.1 Å². The highest BCUT2D eigenvalue weighted by molar-refractivity contribution is 6.35. The van der Waals surface area contributed by atoms with Gasteiger partial charge in [-0.05, 0) is 57.2 Å². The number of H-pyrrole nitrogens is 1. The molecule has 2 heterocycles. The molecule has 1 aromatic heterocycles. The number of aromatic amines is 1. The van der Waals surface area contributed by atoms with Gasteiger partial charge < -0.3 is 20.9 Å². The number of nitrogens with one attached hydrogen (secondary N) is 4. The number of fused-ring (bicyclic) bond motifs is 1. The molecule has 3 atom stereocenters. The Hall–Kier alpha value is -3.12. The number of benzene rings is 1. The Morgan fingerprint density at radius 2 is 2.00 bits per heavy atom. The molecule has 2 fully saturated rings. The second-order valence-electron chi connectivity index (χ2n) is 9.94. The molecular weight excluding hydrogens is 461 g/mol. The molecule has 1 saturated carbocycles. The van der Waals surface area contributed by atoms with Crippen LogP contribution in [0.4, 0.5) is 4.39 Å². The maximum atomic E-state index is 13.6. The summed E-state index contributed by atoms with van der Waals surface area (Å²) in [6.07, 6.45) is 3.17. The monoisotopic (exact) mass is 487 g/mol. The Morgan fingerprint density at radius 3 is 2.62 bits per heavy atom.